The van der Waals surface area contributed by atoms with Crippen LogP contribution in [0.4, 0.5) is 0 Å². The second kappa shape index (κ2) is 4.89. The van der Waals surface area contributed by atoms with Gasteiger partial charge in [0.1, 0.15) is 0 Å². The highest BCUT2D eigenvalue weighted by atomic mass is 15.2. The van der Waals surface area contributed by atoms with Crippen LogP contribution in [0, 0.1) is 17.8 Å². The summed E-state index contributed by atoms with van der Waals surface area (Å²) in [6, 6.07) is 1.79. The van der Waals surface area contributed by atoms with E-state index >= 15 is 0 Å². The van der Waals surface area contributed by atoms with Crippen molar-refractivity contribution in [3.05, 3.63) is 0 Å². The van der Waals surface area contributed by atoms with Crippen LogP contribution in [0.3, 0.4) is 0 Å². The number of hydrogen-bond donors (Lipinski definition) is 1. The number of likely N-dealkylation sites (tertiary alicyclic amines) is 1. The van der Waals surface area contributed by atoms with Gasteiger partial charge in [-0.15, -0.1) is 0 Å². The van der Waals surface area contributed by atoms with Gasteiger partial charge in [-0.2, -0.15) is 0 Å². The molecule has 2 saturated carbocycles. The molecule has 0 aromatic rings. The second-order valence-electron chi connectivity index (χ2n) is 6.99. The normalized spacial score (nSPS) is 43.4. The molecule has 0 aromatic heterocycles. The third-order valence-electron chi connectivity index (χ3n) is 4.99. The van der Waals surface area contributed by atoms with E-state index in [0.29, 0.717) is 0 Å². The van der Waals surface area contributed by atoms with E-state index in [2.05, 4.69) is 24.1 Å². The second-order valence-corrected chi connectivity index (χ2v) is 6.99. The van der Waals surface area contributed by atoms with E-state index in [4.69, 9.17) is 0 Å². The van der Waals surface area contributed by atoms with E-state index in [-0.39, 0.29) is 0 Å². The summed E-state index contributed by atoms with van der Waals surface area (Å²) in [4.78, 5) is 2.81. The van der Waals surface area contributed by atoms with Crippen LogP contribution < -0.4 is 5.32 Å². The lowest BCUT2D eigenvalue weighted by Crippen LogP contribution is -2.54. The Morgan fingerprint density at radius 1 is 1.00 bits per heavy atom. The van der Waals surface area contributed by atoms with Gasteiger partial charge in [-0.1, -0.05) is 13.8 Å². The summed E-state index contributed by atoms with van der Waals surface area (Å²) in [5.74, 6) is 2.78. The zero-order chi connectivity index (χ0) is 11.8. The topological polar surface area (TPSA) is 15.3 Å². The minimum Gasteiger partial charge on any atom is -0.314 e. The summed E-state index contributed by atoms with van der Waals surface area (Å²) in [7, 11) is 0. The standard InChI is InChI=1S/C15H28N2/c1-11-7-12(2)10-17(9-11)15-6-3-13(15)8-16-14-4-5-14/h11-16H,3-10H2,1-2H3. The maximum absolute atomic E-state index is 3.72. The maximum Gasteiger partial charge on any atom is 0.0136 e. The molecule has 98 valence electrons. The summed E-state index contributed by atoms with van der Waals surface area (Å²) in [6.45, 7) is 8.86. The fraction of sp³-hybridized carbons (Fsp3) is 1.00. The van der Waals surface area contributed by atoms with Crippen LogP contribution in [-0.2, 0) is 0 Å². The molecule has 1 saturated heterocycles. The molecule has 0 amide bonds. The predicted octanol–water partition coefficient (Wildman–Crippen LogP) is 2.49. The molecule has 0 bridgehead atoms. The Labute approximate surface area is 106 Å². The van der Waals surface area contributed by atoms with Crippen LogP contribution in [0.5, 0.6) is 0 Å². The Kier molecular flexibility index (Phi) is 3.45. The molecule has 17 heavy (non-hydrogen) atoms. The van der Waals surface area contributed by atoms with E-state index < -0.39 is 0 Å². The van der Waals surface area contributed by atoms with E-state index in [1.165, 1.54) is 51.7 Å². The lowest BCUT2D eigenvalue weighted by Gasteiger charge is -2.48. The fourth-order valence-electron chi connectivity index (χ4n) is 3.86. The Hall–Kier alpha value is -0.0800. The number of hydrogen-bond acceptors (Lipinski definition) is 2. The molecular weight excluding hydrogens is 208 g/mol. The minimum atomic E-state index is 0.885. The Morgan fingerprint density at radius 3 is 2.24 bits per heavy atom. The van der Waals surface area contributed by atoms with Gasteiger partial charge in [-0.25, -0.2) is 0 Å². The lowest BCUT2D eigenvalue weighted by atomic mass is 9.76. The molecule has 4 atom stereocenters. The monoisotopic (exact) mass is 236 g/mol. The van der Waals surface area contributed by atoms with Gasteiger partial charge >= 0.3 is 0 Å². The van der Waals surface area contributed by atoms with Crippen molar-refractivity contribution in [3.8, 4) is 0 Å². The van der Waals surface area contributed by atoms with Crippen LogP contribution in [0.1, 0.15) is 46.0 Å². The zero-order valence-electron chi connectivity index (χ0n) is 11.5. The highest BCUT2D eigenvalue weighted by Crippen LogP contribution is 2.36. The van der Waals surface area contributed by atoms with Gasteiger partial charge in [0, 0.05) is 25.2 Å². The highest BCUT2D eigenvalue weighted by molar-refractivity contribution is 4.94. The van der Waals surface area contributed by atoms with Crippen molar-refractivity contribution in [3.63, 3.8) is 0 Å². The molecule has 0 aromatic carbocycles. The Balaban J connectivity index is 1.48. The predicted molar refractivity (Wildman–Crippen MR) is 72.1 cm³/mol. The molecule has 3 fully saturated rings. The third kappa shape index (κ3) is 2.85. The van der Waals surface area contributed by atoms with Crippen molar-refractivity contribution in [1.29, 1.82) is 0 Å². The molecule has 3 aliphatic rings. The molecule has 0 radical (unpaired) electrons. The molecule has 0 spiro atoms. The average molecular weight is 236 g/mol. The van der Waals surface area contributed by atoms with Gasteiger partial charge in [-0.3, -0.25) is 4.90 Å². The largest absolute Gasteiger partial charge is 0.314 e. The van der Waals surface area contributed by atoms with Gasteiger partial charge in [0.15, 0.2) is 0 Å². The van der Waals surface area contributed by atoms with Gasteiger partial charge in [-0.05, 0) is 56.4 Å². The summed E-state index contributed by atoms with van der Waals surface area (Å²) in [5.41, 5.74) is 0. The van der Waals surface area contributed by atoms with E-state index in [1.807, 2.05) is 0 Å². The molecule has 4 unspecified atom stereocenters. The zero-order valence-corrected chi connectivity index (χ0v) is 11.5. The quantitative estimate of drug-likeness (QED) is 0.807. The molecule has 2 nitrogen and oxygen atoms in total. The van der Waals surface area contributed by atoms with Crippen LogP contribution in [-0.4, -0.2) is 36.6 Å². The first kappa shape index (κ1) is 12.0. The Morgan fingerprint density at radius 2 is 1.71 bits per heavy atom. The Bertz CT molecular complexity index is 252. The fourth-order valence-corrected chi connectivity index (χ4v) is 3.86. The first-order valence-corrected chi connectivity index (χ1v) is 7.70. The first-order valence-electron chi connectivity index (χ1n) is 7.70. The molecule has 1 N–H and O–H groups in total. The van der Waals surface area contributed by atoms with Crippen molar-refractivity contribution in [2.45, 2.75) is 58.0 Å². The van der Waals surface area contributed by atoms with Crippen LogP contribution in [0.15, 0.2) is 0 Å². The molecule has 1 heterocycles. The first-order chi connectivity index (χ1) is 8.22. The smallest absolute Gasteiger partial charge is 0.0136 e. The molecule has 3 rings (SSSR count). The van der Waals surface area contributed by atoms with Crippen LogP contribution in [0.25, 0.3) is 0 Å². The van der Waals surface area contributed by atoms with Crippen molar-refractivity contribution in [2.24, 2.45) is 17.8 Å². The highest BCUT2D eigenvalue weighted by Gasteiger charge is 2.38. The maximum atomic E-state index is 3.72. The van der Waals surface area contributed by atoms with Crippen molar-refractivity contribution in [2.75, 3.05) is 19.6 Å². The number of piperidine rings is 1. The molecular formula is C15H28N2. The van der Waals surface area contributed by atoms with E-state index in [0.717, 1.165) is 29.8 Å². The number of nitrogens with zero attached hydrogens (tertiary/aromatic N) is 1. The van der Waals surface area contributed by atoms with Crippen molar-refractivity contribution in [1.82, 2.24) is 10.2 Å². The van der Waals surface area contributed by atoms with Gasteiger partial charge < -0.3 is 5.32 Å². The van der Waals surface area contributed by atoms with E-state index in [9.17, 15) is 0 Å². The van der Waals surface area contributed by atoms with E-state index in [1.54, 1.807) is 0 Å². The summed E-state index contributed by atoms with van der Waals surface area (Å²) in [6.07, 6.45) is 7.21. The van der Waals surface area contributed by atoms with Gasteiger partial charge in [0.2, 0.25) is 0 Å². The van der Waals surface area contributed by atoms with Crippen molar-refractivity contribution >= 4 is 0 Å². The number of rotatable bonds is 4. The molecule has 2 aliphatic carbocycles. The number of nitrogens with one attached hydrogen (secondary N) is 1. The SMILES string of the molecule is CC1CC(C)CN(C2CCC2CNC2CC2)C1. The summed E-state index contributed by atoms with van der Waals surface area (Å²) in [5, 5.41) is 3.72. The minimum absolute atomic E-state index is 0.885. The van der Waals surface area contributed by atoms with Crippen LogP contribution >= 0.6 is 0 Å². The average Bonchev–Trinajstić information content (AvgIpc) is 2.98. The summed E-state index contributed by atoms with van der Waals surface area (Å²) >= 11 is 0. The lowest BCUT2D eigenvalue weighted by molar-refractivity contribution is 0.0141. The van der Waals surface area contributed by atoms with Gasteiger partial charge in [0.05, 0.1) is 0 Å². The third-order valence-corrected chi connectivity index (χ3v) is 4.99. The van der Waals surface area contributed by atoms with Crippen molar-refractivity contribution < 1.29 is 0 Å². The van der Waals surface area contributed by atoms with Gasteiger partial charge in [0.25, 0.3) is 0 Å². The summed E-state index contributed by atoms with van der Waals surface area (Å²) < 4.78 is 0. The molecule has 2 heteroatoms. The van der Waals surface area contributed by atoms with Crippen LogP contribution in [0.2, 0.25) is 0 Å². The molecule has 1 aliphatic heterocycles.